The van der Waals surface area contributed by atoms with Crippen LogP contribution in [0, 0.1) is 13.8 Å². The predicted molar refractivity (Wildman–Crippen MR) is 81.8 cm³/mol. The molecule has 19 heavy (non-hydrogen) atoms. The Labute approximate surface area is 116 Å². The zero-order valence-electron chi connectivity index (χ0n) is 12.9. The molecule has 104 valence electrons. The Hall–Kier alpha value is -1.28. The highest BCUT2D eigenvalue weighted by molar-refractivity contribution is 5.88. The molecule has 0 aliphatic carbocycles. The van der Waals surface area contributed by atoms with Crippen LogP contribution in [-0.4, -0.2) is 6.04 Å². The highest BCUT2D eigenvalue weighted by Gasteiger charge is 2.17. The molecule has 0 spiro atoms. The molecular formula is C17H25NO. The molecule has 2 heteroatoms. The SMILES string of the molecule is Cc1ccc(C(C)C)c2c(C)c(CNC(C)C)oc12. The standard InChI is InChI=1S/C17H25NO/c1-10(2)14-8-7-12(5)17-16(14)13(6)15(19-17)9-18-11(3)4/h7-8,10-11,18H,9H2,1-6H3. The van der Waals surface area contributed by atoms with Gasteiger partial charge in [-0.05, 0) is 36.5 Å². The normalized spacial score (nSPS) is 12.0. The molecule has 2 rings (SSSR count). The topological polar surface area (TPSA) is 25.2 Å². The average Bonchev–Trinajstić information content (AvgIpc) is 2.66. The molecule has 1 aromatic carbocycles. The molecule has 2 aromatic rings. The molecule has 0 radical (unpaired) electrons. The highest BCUT2D eigenvalue weighted by Crippen LogP contribution is 2.34. The summed E-state index contributed by atoms with van der Waals surface area (Å²) in [5, 5.41) is 4.75. The van der Waals surface area contributed by atoms with Crippen molar-refractivity contribution in [1.29, 1.82) is 0 Å². The molecule has 1 N–H and O–H groups in total. The molecule has 0 aliphatic heterocycles. The number of fused-ring (bicyclic) bond motifs is 1. The van der Waals surface area contributed by atoms with Gasteiger partial charge in [-0.3, -0.25) is 0 Å². The molecule has 0 fully saturated rings. The molecule has 2 nitrogen and oxygen atoms in total. The maximum Gasteiger partial charge on any atom is 0.137 e. The first-order valence-corrected chi connectivity index (χ1v) is 7.16. The van der Waals surface area contributed by atoms with Crippen molar-refractivity contribution in [3.63, 3.8) is 0 Å². The maximum atomic E-state index is 6.11. The number of nitrogens with one attached hydrogen (secondary N) is 1. The predicted octanol–water partition coefficient (Wildman–Crippen LogP) is 4.67. The number of benzene rings is 1. The van der Waals surface area contributed by atoms with Crippen molar-refractivity contribution in [3.05, 3.63) is 34.6 Å². The van der Waals surface area contributed by atoms with Crippen molar-refractivity contribution in [2.75, 3.05) is 0 Å². The van der Waals surface area contributed by atoms with Crippen molar-refractivity contribution in [2.24, 2.45) is 0 Å². The molecule has 0 saturated heterocycles. The maximum absolute atomic E-state index is 6.11. The van der Waals surface area contributed by atoms with Gasteiger partial charge in [0.25, 0.3) is 0 Å². The third-order valence-corrected chi connectivity index (χ3v) is 3.70. The lowest BCUT2D eigenvalue weighted by Crippen LogP contribution is -2.21. The minimum absolute atomic E-state index is 0.471. The minimum atomic E-state index is 0.471. The number of aryl methyl sites for hydroxylation is 2. The Morgan fingerprint density at radius 3 is 2.37 bits per heavy atom. The van der Waals surface area contributed by atoms with E-state index in [0.29, 0.717) is 12.0 Å². The van der Waals surface area contributed by atoms with Gasteiger partial charge < -0.3 is 9.73 Å². The van der Waals surface area contributed by atoms with Gasteiger partial charge in [0.2, 0.25) is 0 Å². The number of hydrogen-bond acceptors (Lipinski definition) is 2. The zero-order chi connectivity index (χ0) is 14.2. The minimum Gasteiger partial charge on any atom is -0.459 e. The number of hydrogen-bond donors (Lipinski definition) is 1. The van der Waals surface area contributed by atoms with E-state index in [2.05, 4.69) is 59.0 Å². The average molecular weight is 259 g/mol. The van der Waals surface area contributed by atoms with E-state index in [9.17, 15) is 0 Å². The first-order chi connectivity index (χ1) is 8.91. The second kappa shape index (κ2) is 5.38. The van der Waals surface area contributed by atoms with Crippen LogP contribution in [0.2, 0.25) is 0 Å². The van der Waals surface area contributed by atoms with Crippen LogP contribution in [0.1, 0.15) is 56.1 Å². The van der Waals surface area contributed by atoms with Crippen molar-refractivity contribution in [2.45, 2.75) is 60.0 Å². The van der Waals surface area contributed by atoms with Crippen LogP contribution in [0.4, 0.5) is 0 Å². The van der Waals surface area contributed by atoms with Gasteiger partial charge in [0.1, 0.15) is 11.3 Å². The third-order valence-electron chi connectivity index (χ3n) is 3.70. The van der Waals surface area contributed by atoms with Gasteiger partial charge in [-0.15, -0.1) is 0 Å². The molecule has 0 bridgehead atoms. The summed E-state index contributed by atoms with van der Waals surface area (Å²) in [6.07, 6.45) is 0. The number of rotatable bonds is 4. The summed E-state index contributed by atoms with van der Waals surface area (Å²) < 4.78 is 6.11. The second-order valence-electron chi connectivity index (χ2n) is 6.02. The first-order valence-electron chi connectivity index (χ1n) is 7.16. The van der Waals surface area contributed by atoms with Crippen molar-refractivity contribution < 1.29 is 4.42 Å². The second-order valence-corrected chi connectivity index (χ2v) is 6.02. The lowest BCUT2D eigenvalue weighted by atomic mass is 9.95. The van der Waals surface area contributed by atoms with E-state index in [1.807, 2.05) is 0 Å². The molecule has 0 saturated carbocycles. The fraction of sp³-hybridized carbons (Fsp3) is 0.529. The van der Waals surface area contributed by atoms with Crippen LogP contribution >= 0.6 is 0 Å². The Bertz CT molecular complexity index is 578. The van der Waals surface area contributed by atoms with Crippen LogP contribution in [-0.2, 0) is 6.54 Å². The third kappa shape index (κ3) is 2.69. The van der Waals surface area contributed by atoms with Gasteiger partial charge in [0, 0.05) is 11.4 Å². The molecular weight excluding hydrogens is 234 g/mol. The highest BCUT2D eigenvalue weighted by atomic mass is 16.3. The summed E-state index contributed by atoms with van der Waals surface area (Å²) in [5.74, 6) is 1.59. The van der Waals surface area contributed by atoms with E-state index in [1.165, 1.54) is 22.1 Å². The Balaban J connectivity index is 2.55. The lowest BCUT2D eigenvalue weighted by molar-refractivity contribution is 0.484. The summed E-state index contributed by atoms with van der Waals surface area (Å²) >= 11 is 0. The zero-order valence-corrected chi connectivity index (χ0v) is 12.9. The fourth-order valence-corrected chi connectivity index (χ4v) is 2.51. The van der Waals surface area contributed by atoms with Crippen molar-refractivity contribution in [1.82, 2.24) is 5.32 Å². The van der Waals surface area contributed by atoms with E-state index >= 15 is 0 Å². The van der Waals surface area contributed by atoms with Gasteiger partial charge in [-0.1, -0.05) is 39.8 Å². The molecule has 0 atom stereocenters. The molecule has 0 aliphatic rings. The monoisotopic (exact) mass is 259 g/mol. The Morgan fingerprint density at radius 1 is 1.11 bits per heavy atom. The number of furan rings is 1. The van der Waals surface area contributed by atoms with Gasteiger partial charge >= 0.3 is 0 Å². The van der Waals surface area contributed by atoms with Crippen LogP contribution < -0.4 is 5.32 Å². The van der Waals surface area contributed by atoms with E-state index in [1.54, 1.807) is 0 Å². The van der Waals surface area contributed by atoms with Gasteiger partial charge in [0.05, 0.1) is 6.54 Å². The van der Waals surface area contributed by atoms with Crippen molar-refractivity contribution in [3.8, 4) is 0 Å². The Morgan fingerprint density at radius 2 is 1.79 bits per heavy atom. The molecule has 1 heterocycles. The van der Waals surface area contributed by atoms with Crippen LogP contribution in [0.5, 0.6) is 0 Å². The smallest absolute Gasteiger partial charge is 0.137 e. The Kier molecular flexibility index (Phi) is 4.00. The quantitative estimate of drug-likeness (QED) is 0.863. The largest absolute Gasteiger partial charge is 0.459 e. The lowest BCUT2D eigenvalue weighted by Gasteiger charge is -2.08. The summed E-state index contributed by atoms with van der Waals surface area (Å²) in [5.41, 5.74) is 4.95. The van der Waals surface area contributed by atoms with E-state index in [-0.39, 0.29) is 0 Å². The first kappa shape index (κ1) is 14.1. The van der Waals surface area contributed by atoms with Crippen LogP contribution in [0.3, 0.4) is 0 Å². The van der Waals surface area contributed by atoms with Crippen LogP contribution in [0.25, 0.3) is 11.0 Å². The van der Waals surface area contributed by atoms with Crippen LogP contribution in [0.15, 0.2) is 16.5 Å². The van der Waals surface area contributed by atoms with Gasteiger partial charge in [-0.2, -0.15) is 0 Å². The van der Waals surface area contributed by atoms with E-state index in [0.717, 1.165) is 17.9 Å². The van der Waals surface area contributed by atoms with E-state index < -0.39 is 0 Å². The van der Waals surface area contributed by atoms with Gasteiger partial charge in [0.15, 0.2) is 0 Å². The van der Waals surface area contributed by atoms with Gasteiger partial charge in [-0.25, -0.2) is 0 Å². The molecule has 1 aromatic heterocycles. The summed E-state index contributed by atoms with van der Waals surface area (Å²) in [6.45, 7) is 13.9. The van der Waals surface area contributed by atoms with E-state index in [4.69, 9.17) is 4.42 Å². The summed E-state index contributed by atoms with van der Waals surface area (Å²) in [4.78, 5) is 0. The summed E-state index contributed by atoms with van der Waals surface area (Å²) in [7, 11) is 0. The molecule has 0 unspecified atom stereocenters. The van der Waals surface area contributed by atoms with Crippen molar-refractivity contribution >= 4 is 11.0 Å². The molecule has 0 amide bonds. The fourth-order valence-electron chi connectivity index (χ4n) is 2.51. The summed E-state index contributed by atoms with van der Waals surface area (Å²) in [6, 6.07) is 4.88.